The van der Waals surface area contributed by atoms with E-state index in [0.29, 0.717) is 10.7 Å². The molecule has 0 aliphatic heterocycles. The first kappa shape index (κ1) is 22.1. The van der Waals surface area contributed by atoms with E-state index in [-0.39, 0.29) is 22.3 Å². The molecule has 0 bridgehead atoms. The highest BCUT2D eigenvalue weighted by atomic mass is 35.5. The van der Waals surface area contributed by atoms with Crippen LogP contribution in [-0.4, -0.2) is 39.5 Å². The zero-order valence-electron chi connectivity index (χ0n) is 16.3. The Morgan fingerprint density at radius 1 is 1.17 bits per heavy atom. The van der Waals surface area contributed by atoms with Crippen molar-refractivity contribution in [2.24, 2.45) is 0 Å². The molecule has 10 heteroatoms. The standard InChI is InChI=1S/C20H21ClN2O6S/c1-12(19(24)22-16-6-4-3-5-15(16)21)29-20(25)13-7-10-17(28-2)18(11-13)30(26,27)23-14-8-9-14/h3-7,10-12,14,23H,8-9H2,1-2H3,(H,22,24). The number of hydrogen-bond acceptors (Lipinski definition) is 6. The van der Waals surface area contributed by atoms with Crippen molar-refractivity contribution in [3.05, 3.63) is 53.1 Å². The number of ether oxygens (including phenoxy) is 2. The van der Waals surface area contributed by atoms with Gasteiger partial charge in [0.2, 0.25) is 10.0 Å². The van der Waals surface area contributed by atoms with Gasteiger partial charge in [-0.2, -0.15) is 0 Å². The SMILES string of the molecule is COc1ccc(C(=O)OC(C)C(=O)Nc2ccccc2Cl)cc1S(=O)(=O)NC1CC1. The van der Waals surface area contributed by atoms with E-state index in [9.17, 15) is 18.0 Å². The van der Waals surface area contributed by atoms with Gasteiger partial charge in [0.15, 0.2) is 6.10 Å². The summed E-state index contributed by atoms with van der Waals surface area (Å²) in [4.78, 5) is 24.7. The van der Waals surface area contributed by atoms with Gasteiger partial charge in [-0.1, -0.05) is 23.7 Å². The number of hydrogen-bond donors (Lipinski definition) is 2. The number of methoxy groups -OCH3 is 1. The minimum absolute atomic E-state index is 0.0237. The molecule has 8 nitrogen and oxygen atoms in total. The molecule has 3 rings (SSSR count). The second kappa shape index (κ2) is 9.03. The summed E-state index contributed by atoms with van der Waals surface area (Å²) in [7, 11) is -2.52. The van der Waals surface area contributed by atoms with Crippen LogP contribution in [0.15, 0.2) is 47.4 Å². The topological polar surface area (TPSA) is 111 Å². The van der Waals surface area contributed by atoms with Crippen LogP contribution in [0.3, 0.4) is 0 Å². The summed E-state index contributed by atoms with van der Waals surface area (Å²) in [5.41, 5.74) is 0.361. The number of halogens is 1. The highest BCUT2D eigenvalue weighted by Crippen LogP contribution is 2.28. The van der Waals surface area contributed by atoms with Crippen LogP contribution in [0, 0.1) is 0 Å². The fourth-order valence-corrected chi connectivity index (χ4v) is 4.26. The summed E-state index contributed by atoms with van der Waals surface area (Å²) in [5.74, 6) is -1.32. The second-order valence-corrected chi connectivity index (χ2v) is 8.87. The molecule has 1 aliphatic carbocycles. The third-order valence-corrected chi connectivity index (χ3v) is 6.24. The third kappa shape index (κ3) is 5.29. The van der Waals surface area contributed by atoms with Gasteiger partial charge in [0, 0.05) is 6.04 Å². The van der Waals surface area contributed by atoms with Crippen molar-refractivity contribution in [1.82, 2.24) is 4.72 Å². The fourth-order valence-electron chi connectivity index (χ4n) is 2.58. The smallest absolute Gasteiger partial charge is 0.338 e. The summed E-state index contributed by atoms with van der Waals surface area (Å²) < 4.78 is 38.0. The van der Waals surface area contributed by atoms with Crippen LogP contribution < -0.4 is 14.8 Å². The van der Waals surface area contributed by atoms with E-state index in [1.165, 1.54) is 32.2 Å². The van der Waals surface area contributed by atoms with Gasteiger partial charge < -0.3 is 14.8 Å². The van der Waals surface area contributed by atoms with E-state index in [1.54, 1.807) is 24.3 Å². The molecule has 2 aromatic carbocycles. The second-order valence-electron chi connectivity index (χ2n) is 6.78. The van der Waals surface area contributed by atoms with Gasteiger partial charge in [-0.25, -0.2) is 17.9 Å². The first-order valence-corrected chi connectivity index (χ1v) is 11.0. The van der Waals surface area contributed by atoms with Crippen molar-refractivity contribution in [3.63, 3.8) is 0 Å². The lowest BCUT2D eigenvalue weighted by Gasteiger charge is -2.15. The number of nitrogens with one attached hydrogen (secondary N) is 2. The van der Waals surface area contributed by atoms with Crippen molar-refractivity contribution in [2.75, 3.05) is 12.4 Å². The van der Waals surface area contributed by atoms with Gasteiger partial charge in [-0.15, -0.1) is 0 Å². The van der Waals surface area contributed by atoms with Gasteiger partial charge in [0.1, 0.15) is 10.6 Å². The molecular weight excluding hydrogens is 432 g/mol. The molecule has 2 N–H and O–H groups in total. The van der Waals surface area contributed by atoms with Crippen molar-refractivity contribution < 1.29 is 27.5 Å². The summed E-state index contributed by atoms with van der Waals surface area (Å²) in [6, 6.07) is 10.4. The fraction of sp³-hybridized carbons (Fsp3) is 0.300. The molecule has 1 aliphatic rings. The van der Waals surface area contributed by atoms with Gasteiger partial charge in [-0.05, 0) is 50.1 Å². The normalized spacial score (nSPS) is 14.6. The van der Waals surface area contributed by atoms with Gasteiger partial charge >= 0.3 is 5.97 Å². The summed E-state index contributed by atoms with van der Waals surface area (Å²) >= 11 is 6.01. The molecule has 0 aromatic heterocycles. The monoisotopic (exact) mass is 452 g/mol. The lowest BCUT2D eigenvalue weighted by Crippen LogP contribution is -2.30. The number of sulfonamides is 1. The van der Waals surface area contributed by atoms with Crippen LogP contribution in [0.2, 0.25) is 5.02 Å². The number of carbonyl (C=O) groups is 2. The number of amides is 1. The zero-order valence-corrected chi connectivity index (χ0v) is 17.9. The molecule has 1 amide bonds. The molecule has 1 fully saturated rings. The number of rotatable bonds is 8. The molecule has 1 atom stereocenters. The van der Waals surface area contributed by atoms with E-state index < -0.39 is 28.0 Å². The maximum atomic E-state index is 12.6. The highest BCUT2D eigenvalue weighted by Gasteiger charge is 2.31. The van der Waals surface area contributed by atoms with Crippen LogP contribution >= 0.6 is 11.6 Å². The summed E-state index contributed by atoms with van der Waals surface area (Å²) in [5, 5.41) is 2.92. The maximum absolute atomic E-state index is 12.6. The number of anilines is 1. The minimum atomic E-state index is -3.86. The molecule has 0 saturated heterocycles. The lowest BCUT2D eigenvalue weighted by atomic mass is 10.2. The van der Waals surface area contributed by atoms with Crippen LogP contribution in [-0.2, 0) is 19.6 Å². The van der Waals surface area contributed by atoms with Crippen molar-refractivity contribution in [2.45, 2.75) is 36.8 Å². The van der Waals surface area contributed by atoms with Crippen LogP contribution in [0.4, 0.5) is 5.69 Å². The molecule has 0 radical (unpaired) electrons. The average molecular weight is 453 g/mol. The zero-order chi connectivity index (χ0) is 21.9. The lowest BCUT2D eigenvalue weighted by molar-refractivity contribution is -0.123. The Balaban J connectivity index is 1.73. The molecule has 0 spiro atoms. The largest absolute Gasteiger partial charge is 0.495 e. The minimum Gasteiger partial charge on any atom is -0.495 e. The van der Waals surface area contributed by atoms with E-state index in [0.717, 1.165) is 12.8 Å². The Labute approximate surface area is 179 Å². The van der Waals surface area contributed by atoms with E-state index in [4.69, 9.17) is 21.1 Å². The first-order valence-electron chi connectivity index (χ1n) is 9.18. The quantitative estimate of drug-likeness (QED) is 0.596. The predicted octanol–water partition coefficient (Wildman–Crippen LogP) is 2.97. The number of para-hydroxylation sites is 1. The maximum Gasteiger partial charge on any atom is 0.338 e. The van der Waals surface area contributed by atoms with E-state index in [1.807, 2.05) is 0 Å². The molecule has 160 valence electrons. The molecule has 2 aromatic rings. The average Bonchev–Trinajstić information content (AvgIpc) is 3.52. The van der Waals surface area contributed by atoms with Gasteiger partial charge in [0.05, 0.1) is 23.4 Å². The van der Waals surface area contributed by atoms with Gasteiger partial charge in [0.25, 0.3) is 5.91 Å². The Morgan fingerprint density at radius 3 is 2.50 bits per heavy atom. The number of benzene rings is 2. The summed E-state index contributed by atoms with van der Waals surface area (Å²) in [6.45, 7) is 1.40. The molecule has 1 unspecified atom stereocenters. The Kier molecular flexibility index (Phi) is 6.64. The van der Waals surface area contributed by atoms with Crippen molar-refractivity contribution in [1.29, 1.82) is 0 Å². The van der Waals surface area contributed by atoms with Crippen LogP contribution in [0.1, 0.15) is 30.1 Å². The molecule has 0 heterocycles. The number of esters is 1. The van der Waals surface area contributed by atoms with Crippen molar-refractivity contribution in [3.8, 4) is 5.75 Å². The van der Waals surface area contributed by atoms with E-state index >= 15 is 0 Å². The molecule has 1 saturated carbocycles. The van der Waals surface area contributed by atoms with Crippen LogP contribution in [0.5, 0.6) is 5.75 Å². The molecular formula is C20H21ClN2O6S. The number of carbonyl (C=O) groups excluding carboxylic acids is 2. The van der Waals surface area contributed by atoms with Crippen LogP contribution in [0.25, 0.3) is 0 Å². The Hall–Kier alpha value is -2.62. The highest BCUT2D eigenvalue weighted by molar-refractivity contribution is 7.89. The predicted molar refractivity (Wildman–Crippen MR) is 111 cm³/mol. The van der Waals surface area contributed by atoms with Gasteiger partial charge in [-0.3, -0.25) is 4.79 Å². The van der Waals surface area contributed by atoms with E-state index in [2.05, 4.69) is 10.0 Å². The Bertz CT molecular complexity index is 1070. The Morgan fingerprint density at radius 2 is 1.87 bits per heavy atom. The van der Waals surface area contributed by atoms with Crippen molar-refractivity contribution >= 4 is 39.2 Å². The third-order valence-electron chi connectivity index (χ3n) is 4.37. The summed E-state index contributed by atoms with van der Waals surface area (Å²) in [6.07, 6.45) is 0.392. The first-order chi connectivity index (χ1) is 14.2. The molecule has 30 heavy (non-hydrogen) atoms.